The highest BCUT2D eigenvalue weighted by atomic mass is 16.5. The zero-order valence-corrected chi connectivity index (χ0v) is 18.7. The maximum absolute atomic E-state index is 12.8. The molecule has 5 rings (SSSR count). The van der Waals surface area contributed by atoms with E-state index in [0.717, 1.165) is 11.1 Å². The number of fused-ring (bicyclic) bond motifs is 2. The van der Waals surface area contributed by atoms with Gasteiger partial charge < -0.3 is 19.7 Å². The number of hydrogen-bond acceptors (Lipinski definition) is 6. The predicted molar refractivity (Wildman–Crippen MR) is 128 cm³/mol. The molecule has 1 N–H and O–H groups in total. The van der Waals surface area contributed by atoms with Gasteiger partial charge in [0.05, 0.1) is 18.3 Å². The second-order valence-electron chi connectivity index (χ2n) is 8.38. The molecule has 1 atom stereocenters. The molecule has 0 spiro atoms. The zero-order chi connectivity index (χ0) is 23.3. The van der Waals surface area contributed by atoms with Crippen LogP contribution in [0.25, 0.3) is 11.1 Å². The van der Waals surface area contributed by atoms with Gasteiger partial charge in [-0.2, -0.15) is 0 Å². The van der Waals surface area contributed by atoms with Crippen molar-refractivity contribution in [2.24, 2.45) is 0 Å². The number of nitrogens with one attached hydrogen (secondary N) is 1. The molecule has 8 heteroatoms. The highest BCUT2D eigenvalue weighted by Gasteiger charge is 2.32. The Labute approximate surface area is 198 Å². The number of ether oxygens (including phenoxy) is 2. The number of pyridine rings is 1. The number of rotatable bonds is 4. The van der Waals surface area contributed by atoms with Crippen LogP contribution in [0.15, 0.2) is 73.1 Å². The quantitative estimate of drug-likeness (QED) is 0.647. The molecular formula is C26H26N4O4. The normalized spacial score (nSPS) is 18.3. The van der Waals surface area contributed by atoms with Crippen molar-refractivity contribution in [1.29, 1.82) is 0 Å². The minimum Gasteiger partial charge on any atom is -0.490 e. The van der Waals surface area contributed by atoms with E-state index < -0.39 is 0 Å². The van der Waals surface area contributed by atoms with Crippen LogP contribution in [-0.2, 0) is 9.59 Å². The number of amides is 2. The van der Waals surface area contributed by atoms with E-state index in [0.29, 0.717) is 43.4 Å². The van der Waals surface area contributed by atoms with Crippen LogP contribution >= 0.6 is 0 Å². The number of hydrogen-bond donors (Lipinski definition) is 1. The van der Waals surface area contributed by atoms with E-state index in [4.69, 9.17) is 9.47 Å². The van der Waals surface area contributed by atoms with Crippen LogP contribution in [0, 0.1) is 0 Å². The van der Waals surface area contributed by atoms with E-state index >= 15 is 0 Å². The lowest BCUT2D eigenvalue weighted by Gasteiger charge is -2.40. The van der Waals surface area contributed by atoms with Gasteiger partial charge in [0.25, 0.3) is 5.91 Å². The van der Waals surface area contributed by atoms with Gasteiger partial charge in [-0.1, -0.05) is 30.3 Å². The number of benzene rings is 2. The molecular weight excluding hydrogens is 432 g/mol. The summed E-state index contributed by atoms with van der Waals surface area (Å²) in [5.74, 6) is 1.10. The van der Waals surface area contributed by atoms with Crippen LogP contribution in [-0.4, -0.2) is 72.0 Å². The van der Waals surface area contributed by atoms with Crippen molar-refractivity contribution < 1.29 is 19.1 Å². The molecule has 2 amide bonds. The summed E-state index contributed by atoms with van der Waals surface area (Å²) in [5, 5.41) is 2.99. The fourth-order valence-corrected chi connectivity index (χ4v) is 4.27. The first kappa shape index (κ1) is 21.9. The Morgan fingerprint density at radius 2 is 1.97 bits per heavy atom. The van der Waals surface area contributed by atoms with Crippen molar-refractivity contribution in [2.75, 3.05) is 44.7 Å². The summed E-state index contributed by atoms with van der Waals surface area (Å²) in [6.45, 7) is 2.21. The Morgan fingerprint density at radius 1 is 1.09 bits per heavy atom. The van der Waals surface area contributed by atoms with Crippen LogP contribution in [0.2, 0.25) is 0 Å². The molecule has 3 aromatic rings. The molecule has 0 saturated carbocycles. The number of piperazine rings is 1. The van der Waals surface area contributed by atoms with Crippen LogP contribution in [0.5, 0.6) is 11.5 Å². The lowest BCUT2D eigenvalue weighted by molar-refractivity contribution is -0.137. The monoisotopic (exact) mass is 458 g/mol. The van der Waals surface area contributed by atoms with Gasteiger partial charge in [0.1, 0.15) is 18.1 Å². The summed E-state index contributed by atoms with van der Waals surface area (Å²) in [4.78, 5) is 33.6. The fraction of sp³-hybridized carbons (Fsp3) is 0.269. The molecule has 1 fully saturated rings. The van der Waals surface area contributed by atoms with Gasteiger partial charge in [0, 0.05) is 37.6 Å². The minimum atomic E-state index is -0.104. The molecule has 1 aromatic heterocycles. The summed E-state index contributed by atoms with van der Waals surface area (Å²) in [6.07, 6.45) is 3.51. The van der Waals surface area contributed by atoms with Crippen LogP contribution in [0.3, 0.4) is 0 Å². The fourth-order valence-electron chi connectivity index (χ4n) is 4.27. The van der Waals surface area contributed by atoms with E-state index in [1.807, 2.05) is 60.7 Å². The third-order valence-corrected chi connectivity index (χ3v) is 6.09. The summed E-state index contributed by atoms with van der Waals surface area (Å²) in [6, 6.07) is 18.8. The summed E-state index contributed by atoms with van der Waals surface area (Å²) in [7, 11) is 0. The zero-order valence-electron chi connectivity index (χ0n) is 18.7. The maximum atomic E-state index is 12.8. The average Bonchev–Trinajstić information content (AvgIpc) is 2.94. The summed E-state index contributed by atoms with van der Waals surface area (Å²) >= 11 is 0. The highest BCUT2D eigenvalue weighted by Crippen LogP contribution is 2.32. The van der Waals surface area contributed by atoms with Crippen molar-refractivity contribution in [2.45, 2.75) is 6.04 Å². The first-order valence-corrected chi connectivity index (χ1v) is 11.3. The van der Waals surface area contributed by atoms with Crippen LogP contribution < -0.4 is 14.8 Å². The third kappa shape index (κ3) is 5.02. The van der Waals surface area contributed by atoms with E-state index in [2.05, 4.69) is 15.2 Å². The number of nitrogens with zero attached hydrogens (tertiary/aromatic N) is 3. The molecule has 2 aromatic carbocycles. The van der Waals surface area contributed by atoms with Gasteiger partial charge in [-0.25, -0.2) is 0 Å². The second kappa shape index (κ2) is 9.93. The first-order chi connectivity index (χ1) is 16.7. The molecule has 2 aliphatic heterocycles. The molecule has 0 aliphatic carbocycles. The lowest BCUT2D eigenvalue weighted by Crippen LogP contribution is -2.58. The van der Waals surface area contributed by atoms with Gasteiger partial charge in [-0.05, 0) is 35.9 Å². The molecule has 0 bridgehead atoms. The molecule has 0 radical (unpaired) electrons. The van der Waals surface area contributed by atoms with E-state index in [9.17, 15) is 9.59 Å². The second-order valence-corrected chi connectivity index (χ2v) is 8.38. The standard InChI is InChI=1S/C26H26N4O4/c31-25-16-29-11-12-30(26(32)18-33-22-6-2-1-3-7-22)15-21(29)17-34-24-9-8-19(13-23(24)28-25)20-5-4-10-27-14-20/h1-10,13-14,21H,11-12,15-18H2,(H,28,31)/t21-/m0/s1. The average molecular weight is 459 g/mol. The molecule has 0 unspecified atom stereocenters. The van der Waals surface area contributed by atoms with Gasteiger partial charge in [-0.15, -0.1) is 0 Å². The van der Waals surface area contributed by atoms with E-state index in [-0.39, 0.29) is 31.0 Å². The molecule has 2 aliphatic rings. The number of carbonyl (C=O) groups is 2. The lowest BCUT2D eigenvalue weighted by atomic mass is 10.1. The Kier molecular flexibility index (Phi) is 6.40. The molecule has 3 heterocycles. The molecule has 1 saturated heterocycles. The van der Waals surface area contributed by atoms with Crippen molar-refractivity contribution in [3.63, 3.8) is 0 Å². The first-order valence-electron chi connectivity index (χ1n) is 11.3. The Balaban J connectivity index is 1.27. The number of aromatic nitrogens is 1. The largest absolute Gasteiger partial charge is 0.490 e. The molecule has 34 heavy (non-hydrogen) atoms. The molecule has 8 nitrogen and oxygen atoms in total. The van der Waals surface area contributed by atoms with Gasteiger partial charge in [0.2, 0.25) is 5.91 Å². The third-order valence-electron chi connectivity index (χ3n) is 6.09. The highest BCUT2D eigenvalue weighted by molar-refractivity contribution is 5.94. The number of carbonyl (C=O) groups excluding carboxylic acids is 2. The minimum absolute atomic E-state index is 0.0158. The maximum Gasteiger partial charge on any atom is 0.260 e. The Bertz CT molecular complexity index is 1160. The van der Waals surface area contributed by atoms with Gasteiger partial charge >= 0.3 is 0 Å². The van der Waals surface area contributed by atoms with Crippen LogP contribution in [0.1, 0.15) is 0 Å². The van der Waals surface area contributed by atoms with Crippen molar-refractivity contribution in [3.05, 3.63) is 73.1 Å². The predicted octanol–water partition coefficient (Wildman–Crippen LogP) is 2.67. The van der Waals surface area contributed by atoms with Gasteiger partial charge in [-0.3, -0.25) is 19.5 Å². The SMILES string of the molecule is O=C1CN2CCN(C(=O)COc3ccccc3)C[C@H]2COc2ccc(-c3cccnc3)cc2N1. The number of para-hydroxylation sites is 1. The van der Waals surface area contributed by atoms with E-state index in [1.54, 1.807) is 17.3 Å². The van der Waals surface area contributed by atoms with Gasteiger partial charge in [0.15, 0.2) is 6.61 Å². The smallest absolute Gasteiger partial charge is 0.260 e. The van der Waals surface area contributed by atoms with E-state index in [1.165, 1.54) is 0 Å². The van der Waals surface area contributed by atoms with Crippen molar-refractivity contribution in [3.8, 4) is 22.6 Å². The number of anilines is 1. The van der Waals surface area contributed by atoms with Crippen molar-refractivity contribution >= 4 is 17.5 Å². The summed E-state index contributed by atoms with van der Waals surface area (Å²) in [5.41, 5.74) is 2.54. The Morgan fingerprint density at radius 3 is 2.79 bits per heavy atom. The summed E-state index contributed by atoms with van der Waals surface area (Å²) < 4.78 is 11.8. The topological polar surface area (TPSA) is 84.0 Å². The van der Waals surface area contributed by atoms with Crippen LogP contribution in [0.4, 0.5) is 5.69 Å². The Hall–Kier alpha value is -3.91. The van der Waals surface area contributed by atoms with Crippen molar-refractivity contribution in [1.82, 2.24) is 14.8 Å². The molecule has 174 valence electrons.